The number of rotatable bonds is 5. The van der Waals surface area contributed by atoms with Gasteiger partial charge < -0.3 is 10.6 Å². The maximum atomic E-state index is 13.1. The first-order valence-corrected chi connectivity index (χ1v) is 9.46. The molecule has 0 saturated carbocycles. The fraction of sp³-hybridized carbons (Fsp3) is 0.200. The van der Waals surface area contributed by atoms with E-state index in [0.29, 0.717) is 22.0 Å². The third-order valence-electron chi connectivity index (χ3n) is 4.72. The molecule has 3 rings (SSSR count). The van der Waals surface area contributed by atoms with Gasteiger partial charge in [-0.15, -0.1) is 0 Å². The number of urea groups is 1. The van der Waals surface area contributed by atoms with Crippen molar-refractivity contribution in [3.05, 3.63) is 63.6 Å². The summed E-state index contributed by atoms with van der Waals surface area (Å²) in [6.07, 6.45) is 0.296. The fourth-order valence-corrected chi connectivity index (χ4v) is 3.49. The van der Waals surface area contributed by atoms with Crippen molar-refractivity contribution in [1.82, 2.24) is 10.2 Å². The second kappa shape index (κ2) is 8.11. The summed E-state index contributed by atoms with van der Waals surface area (Å²) in [7, 11) is 0. The number of imide groups is 1. The molecule has 9 heteroatoms. The Morgan fingerprint density at radius 2 is 1.83 bits per heavy atom. The Hall–Kier alpha value is -3.08. The fourth-order valence-electron chi connectivity index (χ4n) is 3.19. The first kappa shape index (κ1) is 20.6. The maximum Gasteiger partial charge on any atom is 0.325 e. The van der Waals surface area contributed by atoms with Crippen LogP contribution < -0.4 is 10.6 Å². The number of anilines is 1. The summed E-state index contributed by atoms with van der Waals surface area (Å²) < 4.78 is 0. The van der Waals surface area contributed by atoms with Gasteiger partial charge in [0.1, 0.15) is 18.2 Å². The Morgan fingerprint density at radius 1 is 1.17 bits per heavy atom. The third kappa shape index (κ3) is 3.90. The Labute approximate surface area is 177 Å². The van der Waals surface area contributed by atoms with Gasteiger partial charge in [-0.05, 0) is 42.3 Å². The van der Waals surface area contributed by atoms with Gasteiger partial charge in [-0.2, -0.15) is 5.26 Å². The molecule has 148 valence electrons. The van der Waals surface area contributed by atoms with Crippen LogP contribution in [0.5, 0.6) is 0 Å². The number of carbonyl (C=O) groups is 3. The van der Waals surface area contributed by atoms with Crippen LogP contribution in [0.1, 0.15) is 24.5 Å². The maximum absolute atomic E-state index is 13.1. The van der Waals surface area contributed by atoms with Crippen LogP contribution in [0.4, 0.5) is 10.5 Å². The number of amides is 4. The molecule has 1 aliphatic heterocycles. The Balaban J connectivity index is 1.81. The predicted molar refractivity (Wildman–Crippen MR) is 108 cm³/mol. The lowest BCUT2D eigenvalue weighted by Gasteiger charge is -2.25. The van der Waals surface area contributed by atoms with Crippen LogP contribution in [0.3, 0.4) is 0 Å². The van der Waals surface area contributed by atoms with Gasteiger partial charge in [-0.25, -0.2) is 4.79 Å². The van der Waals surface area contributed by atoms with Gasteiger partial charge >= 0.3 is 6.03 Å². The summed E-state index contributed by atoms with van der Waals surface area (Å²) >= 11 is 11.8. The van der Waals surface area contributed by atoms with Crippen LogP contribution in [0.25, 0.3) is 0 Å². The smallest absolute Gasteiger partial charge is 0.323 e. The molecule has 2 N–H and O–H groups in total. The molecule has 7 nitrogen and oxygen atoms in total. The second-order valence-corrected chi connectivity index (χ2v) is 7.31. The van der Waals surface area contributed by atoms with Gasteiger partial charge in [0, 0.05) is 10.0 Å². The van der Waals surface area contributed by atoms with Crippen molar-refractivity contribution in [3.63, 3.8) is 0 Å². The molecule has 0 bridgehead atoms. The van der Waals surface area contributed by atoms with E-state index in [0.717, 1.165) is 4.90 Å². The van der Waals surface area contributed by atoms with Crippen molar-refractivity contribution in [2.24, 2.45) is 0 Å². The minimum absolute atomic E-state index is 0.205. The van der Waals surface area contributed by atoms with Gasteiger partial charge in [0.15, 0.2) is 0 Å². The summed E-state index contributed by atoms with van der Waals surface area (Å²) in [5.41, 5.74) is -0.275. The van der Waals surface area contributed by atoms with E-state index in [1.807, 2.05) is 6.07 Å². The Morgan fingerprint density at radius 3 is 2.45 bits per heavy atom. The van der Waals surface area contributed by atoms with E-state index in [-0.39, 0.29) is 11.3 Å². The molecule has 1 saturated heterocycles. The molecular formula is C20H16Cl2N4O3. The van der Waals surface area contributed by atoms with Crippen LogP contribution in [-0.4, -0.2) is 29.3 Å². The number of nitrogens with one attached hydrogen (secondary N) is 2. The number of nitrogens with zero attached hydrogens (tertiary/aromatic N) is 2. The van der Waals surface area contributed by atoms with Gasteiger partial charge in [0.05, 0.1) is 11.3 Å². The lowest BCUT2D eigenvalue weighted by atomic mass is 9.87. The normalized spacial score (nSPS) is 18.3. The van der Waals surface area contributed by atoms with Gasteiger partial charge in [-0.1, -0.05) is 42.3 Å². The molecule has 2 aromatic carbocycles. The van der Waals surface area contributed by atoms with Crippen molar-refractivity contribution in [1.29, 1.82) is 5.26 Å². The summed E-state index contributed by atoms with van der Waals surface area (Å²) in [5, 5.41) is 15.2. The average molecular weight is 431 g/mol. The van der Waals surface area contributed by atoms with Gasteiger partial charge in [0.2, 0.25) is 5.91 Å². The molecule has 1 atom stereocenters. The molecular weight excluding hydrogens is 415 g/mol. The van der Waals surface area contributed by atoms with Crippen molar-refractivity contribution < 1.29 is 14.4 Å². The molecule has 0 aromatic heterocycles. The topological polar surface area (TPSA) is 102 Å². The lowest BCUT2D eigenvalue weighted by Crippen LogP contribution is -2.44. The second-order valence-electron chi connectivity index (χ2n) is 6.44. The van der Waals surface area contributed by atoms with Crippen LogP contribution in [0.15, 0.2) is 42.5 Å². The van der Waals surface area contributed by atoms with Crippen LogP contribution in [0.2, 0.25) is 10.0 Å². The highest BCUT2D eigenvalue weighted by molar-refractivity contribution is 6.31. The molecule has 1 aliphatic rings. The zero-order chi connectivity index (χ0) is 21.2. The van der Waals surface area contributed by atoms with Crippen molar-refractivity contribution in [2.45, 2.75) is 18.9 Å². The first-order chi connectivity index (χ1) is 13.8. The summed E-state index contributed by atoms with van der Waals surface area (Å²) in [6, 6.07) is 12.3. The highest BCUT2D eigenvalue weighted by Crippen LogP contribution is 2.33. The van der Waals surface area contributed by atoms with E-state index in [9.17, 15) is 14.4 Å². The highest BCUT2D eigenvalue weighted by Gasteiger charge is 2.51. The molecule has 0 aliphatic carbocycles. The molecule has 2 aromatic rings. The molecule has 0 radical (unpaired) electrons. The minimum atomic E-state index is -1.27. The van der Waals surface area contributed by atoms with E-state index in [4.69, 9.17) is 28.5 Å². The molecule has 1 unspecified atom stereocenters. The number of benzene rings is 2. The van der Waals surface area contributed by atoms with E-state index in [1.54, 1.807) is 31.2 Å². The first-order valence-electron chi connectivity index (χ1n) is 8.70. The largest absolute Gasteiger partial charge is 0.325 e. The van der Waals surface area contributed by atoms with Gasteiger partial charge in [0.25, 0.3) is 5.91 Å². The van der Waals surface area contributed by atoms with Gasteiger partial charge in [-0.3, -0.25) is 14.5 Å². The zero-order valence-electron chi connectivity index (χ0n) is 15.3. The monoisotopic (exact) mass is 430 g/mol. The summed E-state index contributed by atoms with van der Waals surface area (Å²) in [6.45, 7) is 1.26. The van der Waals surface area contributed by atoms with E-state index in [1.165, 1.54) is 18.2 Å². The van der Waals surface area contributed by atoms with Crippen molar-refractivity contribution in [3.8, 4) is 6.07 Å². The SMILES string of the molecule is CCC1(c2ccc(Cl)cc2)NC(=O)N(CC(=O)Nc2cc(Cl)ccc2C#N)C1=O. The van der Waals surface area contributed by atoms with E-state index < -0.39 is 29.9 Å². The Bertz CT molecular complexity index is 1030. The van der Waals surface area contributed by atoms with Crippen LogP contribution in [0, 0.1) is 11.3 Å². The van der Waals surface area contributed by atoms with Crippen molar-refractivity contribution in [2.75, 3.05) is 11.9 Å². The zero-order valence-corrected chi connectivity index (χ0v) is 16.8. The molecule has 1 fully saturated rings. The minimum Gasteiger partial charge on any atom is -0.323 e. The summed E-state index contributed by atoms with van der Waals surface area (Å²) in [5.74, 6) is -1.16. The lowest BCUT2D eigenvalue weighted by molar-refractivity contribution is -0.134. The standard InChI is InChI=1S/C20H16Cl2N4O3/c1-2-20(13-4-7-14(21)8-5-13)18(28)26(19(29)25-20)11-17(27)24-16-9-15(22)6-3-12(16)10-23/h3-9H,2,11H2,1H3,(H,24,27)(H,25,29). The number of nitriles is 1. The Kier molecular flexibility index (Phi) is 5.78. The molecule has 0 spiro atoms. The quantitative estimate of drug-likeness (QED) is 0.706. The average Bonchev–Trinajstić information content (AvgIpc) is 2.94. The number of halogens is 2. The summed E-state index contributed by atoms with van der Waals surface area (Å²) in [4.78, 5) is 38.9. The number of carbonyl (C=O) groups excluding carboxylic acids is 3. The molecule has 4 amide bonds. The van der Waals surface area contributed by atoms with E-state index >= 15 is 0 Å². The number of hydrogen-bond acceptors (Lipinski definition) is 4. The van der Waals surface area contributed by atoms with Crippen molar-refractivity contribution >= 4 is 46.7 Å². The van der Waals surface area contributed by atoms with Crippen LogP contribution in [-0.2, 0) is 15.1 Å². The highest BCUT2D eigenvalue weighted by atomic mass is 35.5. The molecule has 1 heterocycles. The third-order valence-corrected chi connectivity index (χ3v) is 5.21. The number of hydrogen-bond donors (Lipinski definition) is 2. The predicted octanol–water partition coefficient (Wildman–Crippen LogP) is 3.66. The van der Waals surface area contributed by atoms with Crippen LogP contribution >= 0.6 is 23.2 Å². The molecule has 29 heavy (non-hydrogen) atoms. The van der Waals surface area contributed by atoms with E-state index in [2.05, 4.69) is 10.6 Å².